The predicted molar refractivity (Wildman–Crippen MR) is 92.1 cm³/mol. The number of nitrogens with zero attached hydrogens (tertiary/aromatic N) is 2. The maximum atomic E-state index is 12.1. The first-order valence-electron chi connectivity index (χ1n) is 7.85. The number of benzene rings is 1. The molecule has 8 heteroatoms. The van der Waals surface area contributed by atoms with Crippen LogP contribution >= 0.6 is 11.5 Å². The first-order valence-corrected chi connectivity index (χ1v) is 8.63. The van der Waals surface area contributed by atoms with Gasteiger partial charge in [0.25, 0.3) is 5.91 Å². The molecule has 0 radical (unpaired) electrons. The van der Waals surface area contributed by atoms with E-state index in [0.717, 1.165) is 30.1 Å². The fourth-order valence-electron chi connectivity index (χ4n) is 2.19. The van der Waals surface area contributed by atoms with Crippen molar-refractivity contribution >= 4 is 17.4 Å². The van der Waals surface area contributed by atoms with E-state index in [4.69, 9.17) is 14.2 Å². The van der Waals surface area contributed by atoms with Crippen LogP contribution < -0.4 is 19.5 Å². The van der Waals surface area contributed by atoms with Gasteiger partial charge in [0.15, 0.2) is 11.5 Å². The van der Waals surface area contributed by atoms with E-state index in [-0.39, 0.29) is 25.9 Å². The molecule has 3 rings (SSSR count). The summed E-state index contributed by atoms with van der Waals surface area (Å²) >= 11 is 1.10. The summed E-state index contributed by atoms with van der Waals surface area (Å²) in [5.74, 6) is 7.55. The zero-order valence-electron chi connectivity index (χ0n) is 13.7. The standard InChI is InChI=1S/C17H17N3O4S/c1-2-5-13-16(25-20-19-13)17(21)18-8-3-4-9-22-12-6-7-14-15(10-12)24-11-23-14/h6-7,10H,2,5,8-9,11H2,1H3,(H,18,21). The fourth-order valence-corrected chi connectivity index (χ4v) is 2.81. The largest absolute Gasteiger partial charge is 0.481 e. The van der Waals surface area contributed by atoms with E-state index in [1.165, 1.54) is 0 Å². The zero-order valence-corrected chi connectivity index (χ0v) is 14.5. The van der Waals surface area contributed by atoms with E-state index >= 15 is 0 Å². The summed E-state index contributed by atoms with van der Waals surface area (Å²) in [4.78, 5) is 12.6. The number of carbonyl (C=O) groups excluding carboxylic acids is 1. The molecule has 2 heterocycles. The van der Waals surface area contributed by atoms with Crippen molar-refractivity contribution in [2.24, 2.45) is 0 Å². The molecule has 0 fully saturated rings. The highest BCUT2D eigenvalue weighted by molar-refractivity contribution is 7.08. The Kier molecular flexibility index (Phi) is 5.69. The normalized spacial score (nSPS) is 11.6. The van der Waals surface area contributed by atoms with Crippen LogP contribution in [0.15, 0.2) is 18.2 Å². The molecule has 130 valence electrons. The van der Waals surface area contributed by atoms with Crippen LogP contribution in [-0.2, 0) is 6.42 Å². The molecule has 7 nitrogen and oxygen atoms in total. The number of carbonyl (C=O) groups is 1. The van der Waals surface area contributed by atoms with Gasteiger partial charge in [-0.25, -0.2) is 0 Å². The van der Waals surface area contributed by atoms with E-state index in [2.05, 4.69) is 26.7 Å². The number of fused-ring (bicyclic) bond motifs is 1. The molecule has 1 amide bonds. The van der Waals surface area contributed by atoms with E-state index < -0.39 is 0 Å². The van der Waals surface area contributed by atoms with Crippen molar-refractivity contribution in [3.05, 3.63) is 28.8 Å². The van der Waals surface area contributed by atoms with Crippen LogP contribution in [0.4, 0.5) is 0 Å². The second kappa shape index (κ2) is 8.35. The molecule has 1 aliphatic rings. The van der Waals surface area contributed by atoms with Crippen molar-refractivity contribution in [1.82, 2.24) is 14.9 Å². The van der Waals surface area contributed by atoms with Crippen LogP contribution in [0, 0.1) is 11.8 Å². The fraction of sp³-hybridized carbons (Fsp3) is 0.353. The molecular formula is C17H17N3O4S. The molecule has 0 unspecified atom stereocenters. The third-order valence-corrected chi connectivity index (χ3v) is 4.13. The van der Waals surface area contributed by atoms with E-state index in [1.54, 1.807) is 18.2 Å². The van der Waals surface area contributed by atoms with Gasteiger partial charge in [0.1, 0.15) is 17.2 Å². The smallest absolute Gasteiger partial charge is 0.265 e. The second-order valence-corrected chi connectivity index (χ2v) is 5.89. The molecule has 25 heavy (non-hydrogen) atoms. The van der Waals surface area contributed by atoms with Crippen LogP contribution in [0.25, 0.3) is 0 Å². The first-order chi connectivity index (χ1) is 12.3. The number of rotatable bonds is 6. The summed E-state index contributed by atoms with van der Waals surface area (Å²) < 4.78 is 19.9. The lowest BCUT2D eigenvalue weighted by atomic mass is 10.2. The molecular weight excluding hydrogens is 342 g/mol. The minimum absolute atomic E-state index is 0.190. The molecule has 0 atom stereocenters. The molecule has 0 saturated carbocycles. The lowest BCUT2D eigenvalue weighted by Gasteiger charge is -2.03. The van der Waals surface area contributed by atoms with Gasteiger partial charge in [-0.3, -0.25) is 4.79 Å². The highest BCUT2D eigenvalue weighted by Crippen LogP contribution is 2.34. The highest BCUT2D eigenvalue weighted by atomic mass is 32.1. The molecule has 2 aromatic rings. The molecule has 0 bridgehead atoms. The van der Waals surface area contributed by atoms with E-state index in [0.29, 0.717) is 22.1 Å². The van der Waals surface area contributed by atoms with Crippen molar-refractivity contribution < 1.29 is 19.0 Å². The molecule has 1 aromatic carbocycles. The van der Waals surface area contributed by atoms with Gasteiger partial charge in [-0.2, -0.15) is 0 Å². The number of aryl methyl sites for hydroxylation is 1. The van der Waals surface area contributed by atoms with Gasteiger partial charge in [0, 0.05) is 6.07 Å². The summed E-state index contributed by atoms with van der Waals surface area (Å²) in [6.07, 6.45) is 1.66. The van der Waals surface area contributed by atoms with Crippen molar-refractivity contribution in [3.8, 4) is 29.1 Å². The van der Waals surface area contributed by atoms with Crippen molar-refractivity contribution in [1.29, 1.82) is 0 Å². The van der Waals surface area contributed by atoms with Crippen molar-refractivity contribution in [2.75, 3.05) is 19.9 Å². The van der Waals surface area contributed by atoms with Gasteiger partial charge in [-0.1, -0.05) is 29.7 Å². The second-order valence-electron chi connectivity index (χ2n) is 5.14. The Morgan fingerprint density at radius 1 is 1.36 bits per heavy atom. The number of ether oxygens (including phenoxy) is 3. The van der Waals surface area contributed by atoms with Gasteiger partial charge in [0.05, 0.1) is 12.2 Å². The number of hydrogen-bond donors (Lipinski definition) is 1. The number of amides is 1. The monoisotopic (exact) mass is 359 g/mol. The maximum Gasteiger partial charge on any atom is 0.265 e. The summed E-state index contributed by atoms with van der Waals surface area (Å²) in [5, 5.41) is 6.72. The lowest BCUT2D eigenvalue weighted by Crippen LogP contribution is -2.23. The summed E-state index contributed by atoms with van der Waals surface area (Å²) in [6.45, 7) is 2.73. The van der Waals surface area contributed by atoms with Crippen LogP contribution in [0.3, 0.4) is 0 Å². The van der Waals surface area contributed by atoms with Gasteiger partial charge >= 0.3 is 0 Å². The minimum Gasteiger partial charge on any atom is -0.481 e. The molecule has 1 aromatic heterocycles. The lowest BCUT2D eigenvalue weighted by molar-refractivity contribution is 0.0961. The Morgan fingerprint density at radius 2 is 2.24 bits per heavy atom. The SMILES string of the molecule is CCCc1nnsc1C(=O)NCC#CCOc1ccc2c(c1)OCO2. The quantitative estimate of drug-likeness (QED) is 0.795. The number of nitrogens with one attached hydrogen (secondary N) is 1. The van der Waals surface area contributed by atoms with Crippen molar-refractivity contribution in [3.63, 3.8) is 0 Å². The van der Waals surface area contributed by atoms with Gasteiger partial charge in [-0.05, 0) is 30.1 Å². The summed E-state index contributed by atoms with van der Waals surface area (Å²) in [6, 6.07) is 5.35. The minimum atomic E-state index is -0.190. The van der Waals surface area contributed by atoms with Crippen LogP contribution in [-0.4, -0.2) is 35.4 Å². The van der Waals surface area contributed by atoms with Crippen LogP contribution in [0.2, 0.25) is 0 Å². The Hall–Kier alpha value is -2.79. The van der Waals surface area contributed by atoms with Crippen LogP contribution in [0.5, 0.6) is 17.2 Å². The zero-order chi connectivity index (χ0) is 17.5. The third kappa shape index (κ3) is 4.39. The topological polar surface area (TPSA) is 82.6 Å². The molecule has 1 N–H and O–H groups in total. The number of hydrogen-bond acceptors (Lipinski definition) is 7. The van der Waals surface area contributed by atoms with Gasteiger partial charge < -0.3 is 19.5 Å². The first kappa shape index (κ1) is 17.0. The Morgan fingerprint density at radius 3 is 3.12 bits per heavy atom. The predicted octanol–water partition coefficient (Wildman–Crippen LogP) is 2.03. The molecule has 1 aliphatic heterocycles. The molecule has 0 saturated heterocycles. The average molecular weight is 359 g/mol. The number of aromatic nitrogens is 2. The van der Waals surface area contributed by atoms with E-state index in [1.807, 2.05) is 6.92 Å². The maximum absolute atomic E-state index is 12.1. The van der Waals surface area contributed by atoms with Gasteiger partial charge in [0.2, 0.25) is 6.79 Å². The van der Waals surface area contributed by atoms with Crippen LogP contribution in [0.1, 0.15) is 28.7 Å². The van der Waals surface area contributed by atoms with Gasteiger partial charge in [-0.15, -0.1) is 5.10 Å². The average Bonchev–Trinajstić information content (AvgIpc) is 3.26. The Bertz CT molecular complexity index is 810. The highest BCUT2D eigenvalue weighted by Gasteiger charge is 2.15. The Labute approximate surface area is 149 Å². The van der Waals surface area contributed by atoms with Crippen molar-refractivity contribution in [2.45, 2.75) is 19.8 Å². The molecule has 0 aliphatic carbocycles. The third-order valence-electron chi connectivity index (χ3n) is 3.37. The summed E-state index contributed by atoms with van der Waals surface area (Å²) in [5.41, 5.74) is 0.740. The summed E-state index contributed by atoms with van der Waals surface area (Å²) in [7, 11) is 0. The molecule has 0 spiro atoms. The Balaban J connectivity index is 1.42. The van der Waals surface area contributed by atoms with E-state index in [9.17, 15) is 4.79 Å².